The topological polar surface area (TPSA) is 47.9 Å². The summed E-state index contributed by atoms with van der Waals surface area (Å²) < 4.78 is 16.9. The number of alkyl halides is 2. The molecule has 0 aromatic carbocycles. The van der Waals surface area contributed by atoms with Gasteiger partial charge in [0.15, 0.2) is 6.29 Å². The van der Waals surface area contributed by atoms with E-state index in [9.17, 15) is 5.11 Å². The Kier molecular flexibility index (Phi) is 11.6. The molecule has 0 amide bonds. The summed E-state index contributed by atoms with van der Waals surface area (Å²) in [6.07, 6.45) is 4.20. The molecule has 1 rings (SSSR count). The summed E-state index contributed by atoms with van der Waals surface area (Å²) >= 11 is 7.48. The second kappa shape index (κ2) is 12.2. The second-order valence-corrected chi connectivity index (χ2v) is 9.19. The summed E-state index contributed by atoms with van der Waals surface area (Å²) in [5, 5.41) is 10.4. The average Bonchev–Trinajstić information content (AvgIpc) is 2.58. The highest BCUT2D eigenvalue weighted by molar-refractivity contribution is 9.12. The first kappa shape index (κ1) is 22.8. The van der Waals surface area contributed by atoms with E-state index in [0.29, 0.717) is 22.2 Å². The van der Waals surface area contributed by atoms with Crippen LogP contribution in [0.25, 0.3) is 0 Å². The van der Waals surface area contributed by atoms with Crippen molar-refractivity contribution in [1.82, 2.24) is 0 Å². The van der Waals surface area contributed by atoms with Crippen LogP contribution in [-0.4, -0.2) is 53.6 Å². The van der Waals surface area contributed by atoms with Crippen LogP contribution in [0.4, 0.5) is 0 Å². The summed E-state index contributed by atoms with van der Waals surface area (Å²) in [7, 11) is 1.73. The van der Waals surface area contributed by atoms with E-state index < -0.39 is 12.4 Å². The molecule has 1 aliphatic heterocycles. The van der Waals surface area contributed by atoms with Gasteiger partial charge in [0.2, 0.25) is 0 Å². The van der Waals surface area contributed by atoms with Crippen LogP contribution < -0.4 is 0 Å². The standard InChI is InChI=1S/C18H34Br2O4/c1-5-16-12(2)13(3)17(21)18(24-16)23-11-7-9-15(20)14(19)8-6-10-22-4/h12-18,21H,5-11H2,1-4H3/t12-,13-,14?,15?,16?,17?,18-/m0/s1. The summed E-state index contributed by atoms with van der Waals surface area (Å²) in [6, 6.07) is 0. The predicted molar refractivity (Wildman–Crippen MR) is 105 cm³/mol. The van der Waals surface area contributed by atoms with Crippen LogP contribution >= 0.6 is 31.9 Å². The van der Waals surface area contributed by atoms with Crippen molar-refractivity contribution in [1.29, 1.82) is 0 Å². The van der Waals surface area contributed by atoms with Gasteiger partial charge in [0, 0.05) is 30.0 Å². The number of ether oxygens (including phenoxy) is 3. The minimum Gasteiger partial charge on any atom is -0.388 e. The SMILES string of the molecule is CCC1O[C@H](OCCCC(Br)C(Br)CCCOC)C(O)[C@@H](C)[C@@H]1C. The summed E-state index contributed by atoms with van der Waals surface area (Å²) in [5.74, 6) is 0.559. The number of hydrogen-bond acceptors (Lipinski definition) is 4. The van der Waals surface area contributed by atoms with E-state index >= 15 is 0 Å². The third-order valence-electron chi connectivity index (χ3n) is 5.07. The smallest absolute Gasteiger partial charge is 0.183 e. The van der Waals surface area contributed by atoms with Gasteiger partial charge in [-0.1, -0.05) is 52.6 Å². The largest absolute Gasteiger partial charge is 0.388 e. The van der Waals surface area contributed by atoms with E-state index in [0.717, 1.165) is 38.7 Å². The van der Waals surface area contributed by atoms with Gasteiger partial charge >= 0.3 is 0 Å². The Morgan fingerprint density at radius 1 is 1.04 bits per heavy atom. The van der Waals surface area contributed by atoms with Gasteiger partial charge in [-0.05, 0) is 43.9 Å². The van der Waals surface area contributed by atoms with Crippen LogP contribution in [0.1, 0.15) is 52.9 Å². The van der Waals surface area contributed by atoms with Gasteiger partial charge in [0.25, 0.3) is 0 Å². The maximum Gasteiger partial charge on any atom is 0.183 e. The third kappa shape index (κ3) is 7.20. The fraction of sp³-hybridized carbons (Fsp3) is 1.00. The monoisotopic (exact) mass is 472 g/mol. The summed E-state index contributed by atoms with van der Waals surface area (Å²) in [5.41, 5.74) is 0. The van der Waals surface area contributed by atoms with Gasteiger partial charge in [-0.2, -0.15) is 0 Å². The minimum absolute atomic E-state index is 0.171. The van der Waals surface area contributed by atoms with Gasteiger partial charge in [-0.15, -0.1) is 0 Å². The molecule has 1 saturated heterocycles. The first-order valence-electron chi connectivity index (χ1n) is 9.14. The molecule has 1 heterocycles. The van der Waals surface area contributed by atoms with Crippen LogP contribution in [0, 0.1) is 11.8 Å². The van der Waals surface area contributed by atoms with E-state index in [-0.39, 0.29) is 12.0 Å². The Morgan fingerprint density at radius 2 is 1.62 bits per heavy atom. The Balaban J connectivity index is 2.26. The molecular formula is C18H34Br2O4. The van der Waals surface area contributed by atoms with Gasteiger partial charge in [0.05, 0.1) is 6.10 Å². The number of rotatable bonds is 11. The molecule has 1 aliphatic rings. The molecule has 0 aromatic heterocycles. The van der Waals surface area contributed by atoms with Gasteiger partial charge in [-0.25, -0.2) is 0 Å². The van der Waals surface area contributed by atoms with Crippen LogP contribution in [0.2, 0.25) is 0 Å². The maximum absolute atomic E-state index is 10.4. The van der Waals surface area contributed by atoms with Crippen molar-refractivity contribution < 1.29 is 19.3 Å². The van der Waals surface area contributed by atoms with Gasteiger partial charge in [-0.3, -0.25) is 0 Å². The van der Waals surface area contributed by atoms with E-state index in [1.807, 2.05) is 0 Å². The molecule has 1 fully saturated rings. The lowest BCUT2D eigenvalue weighted by Crippen LogP contribution is -2.50. The van der Waals surface area contributed by atoms with Crippen molar-refractivity contribution in [3.63, 3.8) is 0 Å². The zero-order valence-corrected chi connectivity index (χ0v) is 18.6. The van der Waals surface area contributed by atoms with Crippen molar-refractivity contribution in [3.05, 3.63) is 0 Å². The highest BCUT2D eigenvalue weighted by Crippen LogP contribution is 2.33. The summed E-state index contributed by atoms with van der Waals surface area (Å²) in [6.45, 7) is 7.77. The Morgan fingerprint density at radius 3 is 2.17 bits per heavy atom. The van der Waals surface area contributed by atoms with Gasteiger partial charge in [0.1, 0.15) is 6.10 Å². The highest BCUT2D eigenvalue weighted by Gasteiger charge is 2.40. The third-order valence-corrected chi connectivity index (χ3v) is 7.97. The first-order chi connectivity index (χ1) is 11.4. The lowest BCUT2D eigenvalue weighted by molar-refractivity contribution is -0.270. The fourth-order valence-electron chi connectivity index (χ4n) is 3.14. The van der Waals surface area contributed by atoms with E-state index in [1.54, 1.807) is 7.11 Å². The molecular weight excluding hydrogens is 440 g/mol. The molecule has 0 aliphatic carbocycles. The highest BCUT2D eigenvalue weighted by atomic mass is 79.9. The molecule has 0 spiro atoms. The van der Waals surface area contributed by atoms with E-state index in [1.165, 1.54) is 0 Å². The lowest BCUT2D eigenvalue weighted by Gasteiger charge is -2.42. The molecule has 24 heavy (non-hydrogen) atoms. The van der Waals surface area contributed by atoms with Crippen molar-refractivity contribution in [2.75, 3.05) is 20.3 Å². The molecule has 0 saturated carbocycles. The van der Waals surface area contributed by atoms with Crippen molar-refractivity contribution in [2.45, 2.75) is 81.0 Å². The lowest BCUT2D eigenvalue weighted by atomic mass is 9.82. The molecule has 6 heteroatoms. The molecule has 1 N–H and O–H groups in total. The fourth-order valence-corrected chi connectivity index (χ4v) is 4.32. The minimum atomic E-state index is -0.541. The zero-order valence-electron chi connectivity index (χ0n) is 15.4. The summed E-state index contributed by atoms with van der Waals surface area (Å²) in [4.78, 5) is 0.854. The predicted octanol–water partition coefficient (Wildman–Crippen LogP) is 4.50. The molecule has 144 valence electrons. The van der Waals surface area contributed by atoms with Crippen LogP contribution in [0.5, 0.6) is 0 Å². The maximum atomic E-state index is 10.4. The Hall–Kier alpha value is 0.800. The number of aliphatic hydroxyl groups excluding tert-OH is 1. The molecule has 0 radical (unpaired) electrons. The van der Waals surface area contributed by atoms with E-state index in [4.69, 9.17) is 14.2 Å². The van der Waals surface area contributed by atoms with Gasteiger partial charge < -0.3 is 19.3 Å². The Bertz CT molecular complexity index is 330. The number of hydrogen-bond donors (Lipinski definition) is 1. The van der Waals surface area contributed by atoms with Crippen molar-refractivity contribution >= 4 is 31.9 Å². The van der Waals surface area contributed by atoms with Crippen molar-refractivity contribution in [2.24, 2.45) is 11.8 Å². The van der Waals surface area contributed by atoms with Crippen LogP contribution in [-0.2, 0) is 14.2 Å². The number of halogens is 2. The normalized spacial score (nSPS) is 33.4. The molecule has 0 bridgehead atoms. The molecule has 0 aromatic rings. The van der Waals surface area contributed by atoms with Crippen molar-refractivity contribution in [3.8, 4) is 0 Å². The Labute approximate surface area is 164 Å². The molecule has 4 unspecified atom stereocenters. The quantitative estimate of drug-likeness (QED) is 0.354. The molecule has 7 atom stereocenters. The number of methoxy groups -OCH3 is 1. The van der Waals surface area contributed by atoms with E-state index in [2.05, 4.69) is 52.6 Å². The number of aliphatic hydroxyl groups is 1. The molecule has 4 nitrogen and oxygen atoms in total. The van der Waals surface area contributed by atoms with Crippen LogP contribution in [0.15, 0.2) is 0 Å². The second-order valence-electron chi connectivity index (χ2n) is 6.84. The zero-order chi connectivity index (χ0) is 18.1. The average molecular weight is 474 g/mol. The first-order valence-corrected chi connectivity index (χ1v) is 11.0. The van der Waals surface area contributed by atoms with Crippen LogP contribution in [0.3, 0.4) is 0 Å².